The van der Waals surface area contributed by atoms with Crippen molar-refractivity contribution in [1.29, 1.82) is 0 Å². The Balaban J connectivity index is 1.94. The van der Waals surface area contributed by atoms with Gasteiger partial charge < -0.3 is 0 Å². The molecule has 0 radical (unpaired) electrons. The minimum atomic E-state index is -4.69. The van der Waals surface area contributed by atoms with Gasteiger partial charge in [-0.1, -0.05) is 0 Å². The van der Waals surface area contributed by atoms with Crippen LogP contribution in [-0.2, 0) is 6.18 Å². The number of nitrogens with zero attached hydrogens (tertiary/aromatic N) is 7. The number of carbonyl (C=O) groups excluding carboxylic acids is 1. The van der Waals surface area contributed by atoms with Crippen LogP contribution in [0.5, 0.6) is 0 Å². The third-order valence-corrected chi connectivity index (χ3v) is 3.56. The molecule has 132 valence electrons. The van der Waals surface area contributed by atoms with Crippen molar-refractivity contribution in [3.63, 3.8) is 0 Å². The zero-order valence-corrected chi connectivity index (χ0v) is 13.1. The Hall–Kier alpha value is -3.57. The topological polar surface area (TPSA) is 107 Å². The zero-order valence-electron chi connectivity index (χ0n) is 13.1. The molecule has 26 heavy (non-hydrogen) atoms. The number of nitrogens with one attached hydrogen (secondary N) is 1. The molecule has 0 aromatic carbocycles. The molecule has 0 saturated heterocycles. The molecule has 0 amide bonds. The van der Waals surface area contributed by atoms with Crippen molar-refractivity contribution in [2.24, 2.45) is 0 Å². The fourth-order valence-corrected chi connectivity index (χ4v) is 2.41. The number of hydrogen-bond acceptors (Lipinski definition) is 6. The van der Waals surface area contributed by atoms with Crippen molar-refractivity contribution in [3.05, 3.63) is 36.8 Å². The van der Waals surface area contributed by atoms with Crippen molar-refractivity contribution in [1.82, 2.24) is 39.1 Å². The molecule has 0 spiro atoms. The van der Waals surface area contributed by atoms with Gasteiger partial charge in [-0.15, -0.1) is 5.10 Å². The number of aromatic amines is 1. The first kappa shape index (κ1) is 15.9. The normalized spacial score (nSPS) is 12.0. The molecule has 0 aliphatic rings. The third kappa shape index (κ3) is 2.51. The Bertz CT molecular complexity index is 1120. The Morgan fingerprint density at radius 3 is 2.69 bits per heavy atom. The Labute approximate surface area is 142 Å². The Morgan fingerprint density at radius 2 is 2.04 bits per heavy atom. The van der Waals surface area contributed by atoms with Crippen LogP contribution in [0.15, 0.2) is 31.0 Å². The van der Waals surface area contributed by atoms with Crippen molar-refractivity contribution in [2.45, 2.75) is 13.1 Å². The van der Waals surface area contributed by atoms with Crippen LogP contribution in [0.25, 0.3) is 28.7 Å². The number of hydrogen-bond donors (Lipinski definition) is 1. The number of rotatable bonds is 2. The third-order valence-electron chi connectivity index (χ3n) is 3.56. The van der Waals surface area contributed by atoms with E-state index in [1.54, 1.807) is 12.3 Å². The van der Waals surface area contributed by atoms with Crippen LogP contribution in [0, 0.1) is 0 Å². The van der Waals surface area contributed by atoms with Crippen molar-refractivity contribution < 1.29 is 18.0 Å². The van der Waals surface area contributed by atoms with Crippen LogP contribution in [-0.4, -0.2) is 45.0 Å². The lowest BCUT2D eigenvalue weighted by molar-refractivity contribution is -0.144. The van der Waals surface area contributed by atoms with Gasteiger partial charge in [0.05, 0.1) is 0 Å². The van der Waals surface area contributed by atoms with Crippen molar-refractivity contribution in [2.75, 3.05) is 0 Å². The second-order valence-corrected chi connectivity index (χ2v) is 5.29. The summed E-state index contributed by atoms with van der Waals surface area (Å²) < 4.78 is 41.2. The van der Waals surface area contributed by atoms with E-state index < -0.39 is 12.0 Å². The summed E-state index contributed by atoms with van der Waals surface area (Å²) >= 11 is 0. The minimum Gasteiger partial charge on any atom is -0.281 e. The lowest BCUT2D eigenvalue weighted by atomic mass is 10.2. The quantitative estimate of drug-likeness (QED) is 0.585. The first-order chi connectivity index (χ1) is 12.3. The summed E-state index contributed by atoms with van der Waals surface area (Å²) in [5.74, 6) is -1.52. The van der Waals surface area contributed by atoms with E-state index in [1.165, 1.54) is 34.6 Å². The molecule has 0 aliphatic carbocycles. The summed E-state index contributed by atoms with van der Waals surface area (Å²) in [6, 6.07) is 1.63. The van der Waals surface area contributed by atoms with Crippen molar-refractivity contribution >= 4 is 11.7 Å². The molecule has 4 aromatic heterocycles. The number of H-pyrrole nitrogens is 1. The fraction of sp³-hybridized carbons (Fsp3) is 0.143. The maximum atomic E-state index is 12.8. The summed E-state index contributed by atoms with van der Waals surface area (Å²) in [6.07, 6.45) is 1.18. The zero-order chi connectivity index (χ0) is 18.5. The molecule has 0 aliphatic heterocycles. The fourth-order valence-electron chi connectivity index (χ4n) is 2.41. The molecule has 0 bridgehead atoms. The smallest absolute Gasteiger partial charge is 0.281 e. The summed E-state index contributed by atoms with van der Waals surface area (Å²) in [5.41, 5.74) is 0.735. The van der Waals surface area contributed by atoms with Crippen LogP contribution in [0.1, 0.15) is 17.5 Å². The molecule has 4 aromatic rings. The van der Waals surface area contributed by atoms with Gasteiger partial charge in [-0.2, -0.15) is 13.2 Å². The van der Waals surface area contributed by atoms with E-state index in [2.05, 4.69) is 30.1 Å². The van der Waals surface area contributed by atoms with Gasteiger partial charge in [-0.05, 0) is 6.07 Å². The molecular formula is C14H9F3N8O. The van der Waals surface area contributed by atoms with Crippen molar-refractivity contribution in [3.8, 4) is 22.9 Å². The van der Waals surface area contributed by atoms with Crippen LogP contribution in [0.4, 0.5) is 13.2 Å². The number of alkyl halides is 3. The highest BCUT2D eigenvalue weighted by atomic mass is 19.4. The first-order valence-corrected chi connectivity index (χ1v) is 7.23. The molecular weight excluding hydrogens is 353 g/mol. The van der Waals surface area contributed by atoms with Gasteiger partial charge in [-0.3, -0.25) is 18.9 Å². The molecule has 0 saturated carbocycles. The number of carbonyl (C=O) groups is 1. The standard InChI is InChI=1S/C14H9F3N8O/c1-7(26)24-5-8(19-6-24)10-9(20-13-18-3-2-4-25(10)13)11-21-12(23-22-11)14(15,16)17/h2-6H,1H3,(H,21,22,23). The van der Waals surface area contributed by atoms with Gasteiger partial charge in [0.15, 0.2) is 5.82 Å². The summed E-state index contributed by atoms with van der Waals surface area (Å²) in [5, 5.41) is 5.43. The molecule has 0 atom stereocenters. The predicted molar refractivity (Wildman–Crippen MR) is 80.9 cm³/mol. The maximum absolute atomic E-state index is 12.8. The number of fused-ring (bicyclic) bond motifs is 1. The van der Waals surface area contributed by atoms with E-state index in [-0.39, 0.29) is 23.2 Å². The summed E-state index contributed by atoms with van der Waals surface area (Å²) in [4.78, 5) is 27.4. The van der Waals surface area contributed by atoms with E-state index in [9.17, 15) is 18.0 Å². The van der Waals surface area contributed by atoms with Gasteiger partial charge in [0, 0.05) is 25.5 Å². The lowest BCUT2D eigenvalue weighted by Crippen LogP contribution is -2.07. The highest BCUT2D eigenvalue weighted by Gasteiger charge is 2.37. The van der Waals surface area contributed by atoms with E-state index in [0.29, 0.717) is 11.4 Å². The molecule has 1 N–H and O–H groups in total. The van der Waals surface area contributed by atoms with Crippen LogP contribution < -0.4 is 0 Å². The molecule has 4 rings (SSSR count). The average molecular weight is 362 g/mol. The lowest BCUT2D eigenvalue weighted by Gasteiger charge is -2.00. The Kier molecular flexibility index (Phi) is 3.35. The molecule has 12 heteroatoms. The van der Waals surface area contributed by atoms with E-state index >= 15 is 0 Å². The predicted octanol–water partition coefficient (Wildman–Crippen LogP) is 2.06. The molecule has 4 heterocycles. The second-order valence-electron chi connectivity index (χ2n) is 5.29. The largest absolute Gasteiger partial charge is 0.453 e. The van der Waals surface area contributed by atoms with Gasteiger partial charge >= 0.3 is 6.18 Å². The van der Waals surface area contributed by atoms with Gasteiger partial charge in [0.2, 0.25) is 11.7 Å². The number of imidazole rings is 2. The SMILES string of the molecule is CC(=O)n1cnc(-c2c(-c3nc(C(F)(F)F)n[nH]3)nc3ncccn23)c1. The summed E-state index contributed by atoms with van der Waals surface area (Å²) in [7, 11) is 0. The number of halogens is 3. The van der Waals surface area contributed by atoms with Gasteiger partial charge in [0.1, 0.15) is 23.4 Å². The maximum Gasteiger partial charge on any atom is 0.453 e. The van der Waals surface area contributed by atoms with Gasteiger partial charge in [0.25, 0.3) is 5.82 Å². The van der Waals surface area contributed by atoms with E-state index in [1.807, 2.05) is 0 Å². The van der Waals surface area contributed by atoms with Gasteiger partial charge in [-0.25, -0.2) is 19.9 Å². The highest BCUT2D eigenvalue weighted by molar-refractivity contribution is 5.80. The molecule has 0 unspecified atom stereocenters. The van der Waals surface area contributed by atoms with E-state index in [0.717, 1.165) is 0 Å². The highest BCUT2D eigenvalue weighted by Crippen LogP contribution is 2.32. The average Bonchev–Trinajstić information content (AvgIpc) is 3.30. The first-order valence-electron chi connectivity index (χ1n) is 7.23. The monoisotopic (exact) mass is 362 g/mol. The second kappa shape index (κ2) is 5.47. The minimum absolute atomic E-state index is 0.0838. The molecule has 0 fully saturated rings. The van der Waals surface area contributed by atoms with Crippen LogP contribution >= 0.6 is 0 Å². The number of aromatic nitrogens is 8. The Morgan fingerprint density at radius 1 is 1.23 bits per heavy atom. The molecule has 9 nitrogen and oxygen atoms in total. The van der Waals surface area contributed by atoms with Crippen LogP contribution in [0.2, 0.25) is 0 Å². The van der Waals surface area contributed by atoms with Crippen LogP contribution in [0.3, 0.4) is 0 Å². The summed E-state index contributed by atoms with van der Waals surface area (Å²) in [6.45, 7) is 1.36. The van der Waals surface area contributed by atoms with E-state index in [4.69, 9.17) is 0 Å².